The number of carbonyl (C=O) groups excluding carboxylic acids is 3. The Bertz CT molecular complexity index is 1000. The van der Waals surface area contributed by atoms with Crippen molar-refractivity contribution in [2.24, 2.45) is 5.92 Å². The zero-order valence-corrected chi connectivity index (χ0v) is 20.3. The summed E-state index contributed by atoms with van der Waals surface area (Å²) < 4.78 is 11.3. The molecule has 2 aromatic rings. The van der Waals surface area contributed by atoms with Gasteiger partial charge in [0.1, 0.15) is 12.0 Å². The van der Waals surface area contributed by atoms with Gasteiger partial charge in [-0.2, -0.15) is 0 Å². The summed E-state index contributed by atoms with van der Waals surface area (Å²) in [6.45, 7) is 4.43. The van der Waals surface area contributed by atoms with Gasteiger partial charge in [-0.15, -0.1) is 0 Å². The van der Waals surface area contributed by atoms with E-state index in [-0.39, 0.29) is 36.7 Å². The summed E-state index contributed by atoms with van der Waals surface area (Å²) in [5.74, 6) is 0.140. The minimum atomic E-state index is -0.430. The number of aromatic amines is 1. The highest BCUT2D eigenvalue weighted by Crippen LogP contribution is 2.27. The van der Waals surface area contributed by atoms with E-state index in [9.17, 15) is 14.4 Å². The molecule has 1 fully saturated rings. The van der Waals surface area contributed by atoms with E-state index in [1.807, 2.05) is 25.1 Å². The lowest BCUT2D eigenvalue weighted by Crippen LogP contribution is -2.41. The maximum absolute atomic E-state index is 12.9. The van der Waals surface area contributed by atoms with Crippen molar-refractivity contribution in [1.29, 1.82) is 0 Å². The lowest BCUT2D eigenvalue weighted by molar-refractivity contribution is -0.130. The first-order chi connectivity index (χ1) is 16.4. The van der Waals surface area contributed by atoms with Crippen LogP contribution in [0.2, 0.25) is 0 Å². The summed E-state index contributed by atoms with van der Waals surface area (Å²) in [5.41, 5.74) is 2.85. The van der Waals surface area contributed by atoms with Gasteiger partial charge in [0.05, 0.1) is 26.1 Å². The van der Waals surface area contributed by atoms with E-state index in [2.05, 4.69) is 20.9 Å². The van der Waals surface area contributed by atoms with Crippen molar-refractivity contribution in [1.82, 2.24) is 20.9 Å². The van der Waals surface area contributed by atoms with Crippen LogP contribution in [0.3, 0.4) is 0 Å². The first-order valence-electron chi connectivity index (χ1n) is 12.0. The molecule has 0 radical (unpaired) electrons. The van der Waals surface area contributed by atoms with Crippen LogP contribution in [0, 0.1) is 12.8 Å². The average molecular weight is 473 g/mol. The third kappa shape index (κ3) is 7.21. The van der Waals surface area contributed by atoms with Crippen molar-refractivity contribution in [3.05, 3.63) is 29.5 Å². The fourth-order valence-corrected chi connectivity index (χ4v) is 4.29. The van der Waals surface area contributed by atoms with E-state index >= 15 is 0 Å². The SMILES string of the molecule is COc1ccc2[nH]c(C)c(CC(=O)N[C@@H]3CCCCCC(C(=O)NCCNC(C)=O)CO3)c2c1. The standard InChI is InChI=1S/C25H36N4O5/c1-16-20(21-13-19(33-3)9-10-22(21)28-16)14-23(31)29-24-8-6-4-5-7-18(15-34-24)25(32)27-12-11-26-17(2)30/h9-10,13,18,24,28H,4-8,11-12,14-15H2,1-3H3,(H,26,30)(H,27,32)(H,29,31)/t18?,24-/m0/s1. The van der Waals surface area contributed by atoms with Crippen molar-refractivity contribution in [3.8, 4) is 5.75 Å². The Balaban J connectivity index is 1.56. The molecular formula is C25H36N4O5. The maximum atomic E-state index is 12.9. The number of rotatable bonds is 8. The van der Waals surface area contributed by atoms with Gasteiger partial charge in [0.2, 0.25) is 17.7 Å². The summed E-state index contributed by atoms with van der Waals surface area (Å²) in [6.07, 6.45) is 4.08. The Labute approximate surface area is 200 Å². The van der Waals surface area contributed by atoms with Crippen molar-refractivity contribution in [2.75, 3.05) is 26.8 Å². The van der Waals surface area contributed by atoms with Crippen molar-refractivity contribution < 1.29 is 23.9 Å². The van der Waals surface area contributed by atoms with E-state index < -0.39 is 6.23 Å². The van der Waals surface area contributed by atoms with Crippen molar-refractivity contribution >= 4 is 28.6 Å². The summed E-state index contributed by atoms with van der Waals surface area (Å²) in [6, 6.07) is 5.78. The van der Waals surface area contributed by atoms with Crippen LogP contribution in [0.15, 0.2) is 18.2 Å². The molecule has 2 atom stereocenters. The maximum Gasteiger partial charge on any atom is 0.226 e. The Morgan fingerprint density at radius 3 is 2.65 bits per heavy atom. The molecule has 9 nitrogen and oxygen atoms in total. The summed E-state index contributed by atoms with van der Waals surface area (Å²) in [4.78, 5) is 39.8. The van der Waals surface area contributed by atoms with Crippen LogP contribution in [0.5, 0.6) is 5.75 Å². The predicted octanol–water partition coefficient (Wildman–Crippen LogP) is 2.32. The lowest BCUT2D eigenvalue weighted by Gasteiger charge is -2.21. The molecule has 1 aromatic carbocycles. The number of fused-ring (bicyclic) bond motifs is 1. The smallest absolute Gasteiger partial charge is 0.226 e. The lowest BCUT2D eigenvalue weighted by atomic mass is 10.0. The number of carbonyl (C=O) groups is 3. The van der Waals surface area contributed by atoms with Gasteiger partial charge in [-0.05, 0) is 49.9 Å². The molecule has 0 aliphatic carbocycles. The topological polar surface area (TPSA) is 122 Å². The Hall–Kier alpha value is -3.07. The van der Waals surface area contributed by atoms with Crippen LogP contribution >= 0.6 is 0 Å². The quantitative estimate of drug-likeness (QED) is 0.439. The molecule has 186 valence electrons. The van der Waals surface area contributed by atoms with Gasteiger partial charge in [-0.3, -0.25) is 14.4 Å². The first-order valence-corrected chi connectivity index (χ1v) is 12.0. The number of benzene rings is 1. The van der Waals surface area contributed by atoms with Gasteiger partial charge in [0.25, 0.3) is 0 Å². The average Bonchev–Trinajstić information content (AvgIpc) is 3.16. The molecule has 4 N–H and O–H groups in total. The molecule has 1 aliphatic heterocycles. The molecule has 1 aliphatic rings. The molecule has 2 heterocycles. The van der Waals surface area contributed by atoms with Crippen LogP contribution in [-0.2, 0) is 25.5 Å². The first kappa shape index (κ1) is 25.6. The molecule has 1 saturated heterocycles. The number of amides is 3. The van der Waals surface area contributed by atoms with Crippen molar-refractivity contribution in [2.45, 2.75) is 58.6 Å². The highest BCUT2D eigenvalue weighted by molar-refractivity contribution is 5.91. The van der Waals surface area contributed by atoms with Crippen LogP contribution in [0.1, 0.15) is 50.3 Å². The van der Waals surface area contributed by atoms with Gasteiger partial charge in [-0.1, -0.05) is 12.8 Å². The zero-order chi connectivity index (χ0) is 24.5. The van der Waals surface area contributed by atoms with E-state index in [1.54, 1.807) is 7.11 Å². The van der Waals surface area contributed by atoms with Gasteiger partial charge in [-0.25, -0.2) is 0 Å². The monoisotopic (exact) mass is 472 g/mol. The second kappa shape index (κ2) is 12.4. The Kier molecular flexibility index (Phi) is 9.33. The Morgan fingerprint density at radius 2 is 1.88 bits per heavy atom. The number of methoxy groups -OCH3 is 1. The van der Waals surface area contributed by atoms with Gasteiger partial charge in [0, 0.05) is 36.6 Å². The molecule has 1 unspecified atom stereocenters. The molecule has 3 amide bonds. The van der Waals surface area contributed by atoms with Crippen LogP contribution in [-0.4, -0.2) is 55.7 Å². The minimum absolute atomic E-state index is 0.0827. The number of aromatic nitrogens is 1. The van der Waals surface area contributed by atoms with Gasteiger partial charge >= 0.3 is 0 Å². The molecule has 0 bridgehead atoms. The number of aryl methyl sites for hydroxylation is 1. The summed E-state index contributed by atoms with van der Waals surface area (Å²) in [5, 5.41) is 9.50. The predicted molar refractivity (Wildman–Crippen MR) is 129 cm³/mol. The molecule has 3 rings (SSSR count). The molecule has 0 saturated carbocycles. The van der Waals surface area contributed by atoms with Crippen molar-refractivity contribution in [3.63, 3.8) is 0 Å². The highest BCUT2D eigenvalue weighted by atomic mass is 16.5. The fourth-order valence-electron chi connectivity index (χ4n) is 4.29. The molecule has 34 heavy (non-hydrogen) atoms. The molecule has 0 spiro atoms. The van der Waals surface area contributed by atoms with Gasteiger partial charge in [0.15, 0.2) is 0 Å². The number of hydrogen-bond acceptors (Lipinski definition) is 5. The van der Waals surface area contributed by atoms with E-state index in [0.717, 1.165) is 53.6 Å². The minimum Gasteiger partial charge on any atom is -0.497 e. The van der Waals surface area contributed by atoms with E-state index in [0.29, 0.717) is 19.5 Å². The number of ether oxygens (including phenoxy) is 2. The van der Waals surface area contributed by atoms with Crippen LogP contribution < -0.4 is 20.7 Å². The number of nitrogens with one attached hydrogen (secondary N) is 4. The number of hydrogen-bond donors (Lipinski definition) is 4. The fraction of sp³-hybridized carbons (Fsp3) is 0.560. The highest BCUT2D eigenvalue weighted by Gasteiger charge is 2.23. The third-order valence-corrected chi connectivity index (χ3v) is 6.17. The Morgan fingerprint density at radius 1 is 1.12 bits per heavy atom. The largest absolute Gasteiger partial charge is 0.497 e. The molecule has 1 aromatic heterocycles. The second-order valence-corrected chi connectivity index (χ2v) is 8.82. The summed E-state index contributed by atoms with van der Waals surface area (Å²) >= 11 is 0. The summed E-state index contributed by atoms with van der Waals surface area (Å²) in [7, 11) is 1.62. The molecular weight excluding hydrogens is 436 g/mol. The third-order valence-electron chi connectivity index (χ3n) is 6.17. The molecule has 9 heteroatoms. The van der Waals surface area contributed by atoms with Crippen LogP contribution in [0.25, 0.3) is 10.9 Å². The van der Waals surface area contributed by atoms with E-state index in [1.165, 1.54) is 6.92 Å². The number of H-pyrrole nitrogens is 1. The zero-order valence-electron chi connectivity index (χ0n) is 20.3. The van der Waals surface area contributed by atoms with Gasteiger partial charge < -0.3 is 30.4 Å². The van der Waals surface area contributed by atoms with E-state index in [4.69, 9.17) is 9.47 Å². The van der Waals surface area contributed by atoms with Crippen LogP contribution in [0.4, 0.5) is 0 Å². The normalized spacial score (nSPS) is 18.9. The second-order valence-electron chi connectivity index (χ2n) is 8.82.